The fraction of sp³-hybridized carbons (Fsp3) is 0.235. The van der Waals surface area contributed by atoms with Gasteiger partial charge in [-0.3, -0.25) is 0 Å². The van der Waals surface area contributed by atoms with Crippen molar-refractivity contribution in [1.29, 1.82) is 0 Å². The number of hydrogen-bond donors (Lipinski definition) is 1. The normalized spacial score (nSPS) is 10.5. The lowest BCUT2D eigenvalue weighted by atomic mass is 10.2. The van der Waals surface area contributed by atoms with Crippen LogP contribution in [0.15, 0.2) is 42.5 Å². The van der Waals surface area contributed by atoms with Gasteiger partial charge in [-0.15, -0.1) is 0 Å². The van der Waals surface area contributed by atoms with Gasteiger partial charge in [-0.1, -0.05) is 29.8 Å². The summed E-state index contributed by atoms with van der Waals surface area (Å²) in [6.45, 7) is -2.70. The zero-order chi connectivity index (χ0) is 18.4. The Balaban J connectivity index is 2.07. The lowest BCUT2D eigenvalue weighted by molar-refractivity contribution is -0.0511. The van der Waals surface area contributed by atoms with E-state index in [0.717, 1.165) is 5.56 Å². The third-order valence-corrected chi connectivity index (χ3v) is 3.71. The summed E-state index contributed by atoms with van der Waals surface area (Å²) < 4.78 is 34.2. The van der Waals surface area contributed by atoms with Gasteiger partial charge < -0.3 is 19.7 Å². The molecule has 0 aliphatic carbocycles. The third kappa shape index (κ3) is 5.22. The number of urea groups is 1. The maximum atomic E-state index is 12.5. The molecule has 0 bridgehead atoms. The Bertz CT molecular complexity index is 744. The van der Waals surface area contributed by atoms with Crippen molar-refractivity contribution in [3.63, 3.8) is 0 Å². The maximum absolute atomic E-state index is 12.5. The van der Waals surface area contributed by atoms with E-state index in [1.165, 1.54) is 30.2 Å². The molecule has 0 unspecified atom stereocenters. The Morgan fingerprint density at radius 2 is 1.96 bits per heavy atom. The molecule has 0 heterocycles. The number of alkyl halides is 2. The van der Waals surface area contributed by atoms with Crippen molar-refractivity contribution < 1.29 is 23.0 Å². The zero-order valence-corrected chi connectivity index (χ0v) is 14.4. The molecule has 8 heteroatoms. The van der Waals surface area contributed by atoms with Crippen LogP contribution < -0.4 is 14.8 Å². The van der Waals surface area contributed by atoms with Crippen LogP contribution in [0, 0.1) is 0 Å². The Hall–Kier alpha value is -2.54. The number of anilines is 1. The summed E-state index contributed by atoms with van der Waals surface area (Å²) in [5.41, 5.74) is 1.09. The number of carbonyl (C=O) groups excluding carboxylic acids is 1. The third-order valence-electron chi connectivity index (χ3n) is 3.34. The number of halogens is 3. The molecule has 2 aromatic rings. The molecule has 25 heavy (non-hydrogen) atoms. The summed E-state index contributed by atoms with van der Waals surface area (Å²) in [5.74, 6) is -0.0215. The molecule has 0 fully saturated rings. The number of nitrogens with one attached hydrogen (secondary N) is 1. The van der Waals surface area contributed by atoms with Crippen molar-refractivity contribution in [3.05, 3.63) is 53.1 Å². The summed E-state index contributed by atoms with van der Waals surface area (Å²) in [4.78, 5) is 13.7. The minimum absolute atomic E-state index is 0.141. The molecule has 2 rings (SSSR count). The molecule has 0 atom stereocenters. The molecular weight excluding hydrogens is 354 g/mol. The van der Waals surface area contributed by atoms with Crippen LogP contribution in [0.2, 0.25) is 5.02 Å². The Labute approximate surface area is 149 Å². The number of hydrogen-bond acceptors (Lipinski definition) is 3. The van der Waals surface area contributed by atoms with E-state index in [9.17, 15) is 13.6 Å². The molecule has 0 spiro atoms. The van der Waals surface area contributed by atoms with Gasteiger partial charge in [0.2, 0.25) is 0 Å². The van der Waals surface area contributed by atoms with Crippen molar-refractivity contribution in [2.24, 2.45) is 0 Å². The van der Waals surface area contributed by atoms with E-state index in [2.05, 4.69) is 10.1 Å². The minimum Gasteiger partial charge on any atom is -0.493 e. The number of nitrogens with zero attached hydrogens (tertiary/aromatic N) is 1. The molecular formula is C17H17ClF2N2O3. The van der Waals surface area contributed by atoms with E-state index in [1.807, 2.05) is 12.1 Å². The molecule has 0 aliphatic heterocycles. The highest BCUT2D eigenvalue weighted by Gasteiger charge is 2.15. The number of amides is 2. The smallest absolute Gasteiger partial charge is 0.387 e. The van der Waals surface area contributed by atoms with Gasteiger partial charge in [0.25, 0.3) is 0 Å². The van der Waals surface area contributed by atoms with Gasteiger partial charge >= 0.3 is 12.6 Å². The zero-order valence-electron chi connectivity index (χ0n) is 13.6. The lowest BCUT2D eigenvalue weighted by Gasteiger charge is -2.19. The van der Waals surface area contributed by atoms with Gasteiger partial charge in [-0.25, -0.2) is 4.79 Å². The van der Waals surface area contributed by atoms with Crippen LogP contribution in [0.5, 0.6) is 11.5 Å². The average Bonchev–Trinajstić information content (AvgIpc) is 2.56. The van der Waals surface area contributed by atoms with E-state index in [4.69, 9.17) is 16.3 Å². The largest absolute Gasteiger partial charge is 0.493 e. The van der Waals surface area contributed by atoms with Crippen LogP contribution in [0.1, 0.15) is 5.56 Å². The van der Waals surface area contributed by atoms with Crippen molar-refractivity contribution in [2.75, 3.05) is 19.5 Å². The molecule has 0 saturated carbocycles. The summed E-state index contributed by atoms with van der Waals surface area (Å²) >= 11 is 6.08. The molecule has 2 amide bonds. The molecule has 1 N–H and O–H groups in total. The number of methoxy groups -OCH3 is 1. The average molecular weight is 371 g/mol. The first kappa shape index (κ1) is 18.8. The predicted molar refractivity (Wildman–Crippen MR) is 91.6 cm³/mol. The molecule has 2 aromatic carbocycles. The highest BCUT2D eigenvalue weighted by Crippen LogP contribution is 2.31. The topological polar surface area (TPSA) is 50.8 Å². The number of carbonyl (C=O) groups is 1. The van der Waals surface area contributed by atoms with E-state index >= 15 is 0 Å². The Kier molecular flexibility index (Phi) is 6.41. The predicted octanol–water partition coefficient (Wildman–Crippen LogP) is 4.61. The van der Waals surface area contributed by atoms with Gasteiger partial charge in [0.05, 0.1) is 7.11 Å². The second kappa shape index (κ2) is 8.53. The minimum atomic E-state index is -3.00. The van der Waals surface area contributed by atoms with E-state index in [-0.39, 0.29) is 11.5 Å². The maximum Gasteiger partial charge on any atom is 0.387 e. The lowest BCUT2D eigenvalue weighted by Crippen LogP contribution is -2.30. The summed E-state index contributed by atoms with van der Waals surface area (Å²) in [6.07, 6.45) is 0. The number of benzene rings is 2. The van der Waals surface area contributed by atoms with E-state index < -0.39 is 12.6 Å². The van der Waals surface area contributed by atoms with Gasteiger partial charge in [0.1, 0.15) is 0 Å². The van der Waals surface area contributed by atoms with Crippen LogP contribution in [0.4, 0.5) is 19.3 Å². The molecule has 134 valence electrons. The van der Waals surface area contributed by atoms with Crippen LogP contribution >= 0.6 is 11.6 Å². The summed E-state index contributed by atoms with van der Waals surface area (Å²) in [7, 11) is 2.93. The van der Waals surface area contributed by atoms with Gasteiger partial charge in [0, 0.05) is 30.4 Å². The molecule has 0 aromatic heterocycles. The summed E-state index contributed by atoms with van der Waals surface area (Å²) in [6, 6.07) is 11.0. The molecule has 0 radical (unpaired) electrons. The van der Waals surface area contributed by atoms with E-state index in [0.29, 0.717) is 17.3 Å². The monoisotopic (exact) mass is 370 g/mol. The van der Waals surface area contributed by atoms with Crippen molar-refractivity contribution >= 4 is 23.3 Å². The highest BCUT2D eigenvalue weighted by atomic mass is 35.5. The van der Waals surface area contributed by atoms with Crippen molar-refractivity contribution in [3.8, 4) is 11.5 Å². The van der Waals surface area contributed by atoms with Crippen LogP contribution in [0.25, 0.3) is 0 Å². The first-order valence-corrected chi connectivity index (χ1v) is 7.67. The first-order valence-electron chi connectivity index (χ1n) is 7.29. The fourth-order valence-electron chi connectivity index (χ4n) is 2.12. The molecule has 0 saturated heterocycles. The Morgan fingerprint density at radius 1 is 1.24 bits per heavy atom. The van der Waals surface area contributed by atoms with E-state index in [1.54, 1.807) is 19.2 Å². The van der Waals surface area contributed by atoms with Crippen LogP contribution in [-0.4, -0.2) is 31.7 Å². The van der Waals surface area contributed by atoms with Gasteiger partial charge in [-0.05, 0) is 23.8 Å². The van der Waals surface area contributed by atoms with Gasteiger partial charge in [-0.2, -0.15) is 8.78 Å². The van der Waals surface area contributed by atoms with Crippen LogP contribution in [-0.2, 0) is 6.54 Å². The SMILES string of the molecule is COc1ccc(NC(=O)N(C)Cc2ccccc2Cl)cc1OC(F)F. The fourth-order valence-corrected chi connectivity index (χ4v) is 2.31. The number of rotatable bonds is 6. The second-order valence-corrected chi connectivity index (χ2v) is 5.53. The Morgan fingerprint density at radius 3 is 2.60 bits per heavy atom. The summed E-state index contributed by atoms with van der Waals surface area (Å²) in [5, 5.41) is 3.16. The standard InChI is InChI=1S/C17H17ClF2N2O3/c1-22(10-11-5-3-4-6-13(11)18)17(23)21-12-7-8-14(24-2)15(9-12)25-16(19)20/h3-9,16H,10H2,1-2H3,(H,21,23). The quantitative estimate of drug-likeness (QED) is 0.807. The second-order valence-electron chi connectivity index (χ2n) is 5.12. The molecule has 5 nitrogen and oxygen atoms in total. The first-order chi connectivity index (χ1) is 11.9. The van der Waals surface area contributed by atoms with Crippen molar-refractivity contribution in [2.45, 2.75) is 13.2 Å². The molecule has 0 aliphatic rings. The number of ether oxygens (including phenoxy) is 2. The van der Waals surface area contributed by atoms with Gasteiger partial charge in [0.15, 0.2) is 11.5 Å². The van der Waals surface area contributed by atoms with Crippen LogP contribution in [0.3, 0.4) is 0 Å². The highest BCUT2D eigenvalue weighted by molar-refractivity contribution is 6.31. The van der Waals surface area contributed by atoms with Crippen molar-refractivity contribution in [1.82, 2.24) is 4.90 Å².